The number of thioether (sulfide) groups is 1. The predicted molar refractivity (Wildman–Crippen MR) is 106 cm³/mol. The molecule has 1 N–H and O–H groups in total. The lowest BCUT2D eigenvalue weighted by atomic mass is 10.1. The molecule has 0 fully saturated rings. The van der Waals surface area contributed by atoms with Crippen LogP contribution in [0.5, 0.6) is 5.75 Å². The summed E-state index contributed by atoms with van der Waals surface area (Å²) in [5, 5.41) is 22.3. The van der Waals surface area contributed by atoms with Crippen LogP contribution in [-0.2, 0) is 4.79 Å². The van der Waals surface area contributed by atoms with Crippen LogP contribution in [0.1, 0.15) is 0 Å². The standard InChI is InChI=1S/C19H16N4O4S/c1-27-16-7-5-13(6-8-16)17-9-10-19(22-21-17)28-12-18(24)20-14-3-2-4-15(11-14)23(25)26/h2-11H,12H2,1H3,(H,20,24). The summed E-state index contributed by atoms with van der Waals surface area (Å²) in [6.07, 6.45) is 0. The zero-order valence-corrected chi connectivity index (χ0v) is 15.7. The van der Waals surface area contributed by atoms with Crippen LogP contribution in [0.4, 0.5) is 11.4 Å². The van der Waals surface area contributed by atoms with Gasteiger partial charge in [-0.3, -0.25) is 14.9 Å². The molecule has 1 amide bonds. The Morgan fingerprint density at radius 1 is 1.14 bits per heavy atom. The molecule has 0 atom stereocenters. The maximum absolute atomic E-state index is 12.1. The van der Waals surface area contributed by atoms with Gasteiger partial charge < -0.3 is 10.1 Å². The zero-order valence-electron chi connectivity index (χ0n) is 14.9. The van der Waals surface area contributed by atoms with Crippen LogP contribution >= 0.6 is 11.8 Å². The number of ether oxygens (including phenoxy) is 1. The number of nitro groups is 1. The van der Waals surface area contributed by atoms with Crippen molar-refractivity contribution in [1.82, 2.24) is 10.2 Å². The molecule has 3 rings (SSSR count). The number of rotatable bonds is 7. The number of aromatic nitrogens is 2. The molecule has 0 spiro atoms. The highest BCUT2D eigenvalue weighted by Crippen LogP contribution is 2.22. The summed E-state index contributed by atoms with van der Waals surface area (Å²) in [7, 11) is 1.61. The highest BCUT2D eigenvalue weighted by atomic mass is 32.2. The molecule has 0 radical (unpaired) electrons. The van der Waals surface area contributed by atoms with Crippen molar-refractivity contribution in [2.75, 3.05) is 18.2 Å². The van der Waals surface area contributed by atoms with Gasteiger partial charge in [-0.2, -0.15) is 0 Å². The minimum Gasteiger partial charge on any atom is -0.497 e. The average Bonchev–Trinajstić information content (AvgIpc) is 2.73. The predicted octanol–water partition coefficient (Wildman–Crippen LogP) is 3.79. The fourth-order valence-corrected chi connectivity index (χ4v) is 2.96. The van der Waals surface area contributed by atoms with Crippen molar-refractivity contribution in [1.29, 1.82) is 0 Å². The molecule has 3 aromatic rings. The second kappa shape index (κ2) is 8.96. The van der Waals surface area contributed by atoms with Crippen molar-refractivity contribution in [2.24, 2.45) is 0 Å². The van der Waals surface area contributed by atoms with Gasteiger partial charge >= 0.3 is 0 Å². The van der Waals surface area contributed by atoms with E-state index in [2.05, 4.69) is 15.5 Å². The van der Waals surface area contributed by atoms with Crippen molar-refractivity contribution in [3.8, 4) is 17.0 Å². The lowest BCUT2D eigenvalue weighted by Gasteiger charge is -2.05. The number of methoxy groups -OCH3 is 1. The van der Waals surface area contributed by atoms with Gasteiger partial charge in [0, 0.05) is 23.4 Å². The summed E-state index contributed by atoms with van der Waals surface area (Å²) in [4.78, 5) is 22.3. The van der Waals surface area contributed by atoms with Gasteiger partial charge in [0.15, 0.2) is 0 Å². The van der Waals surface area contributed by atoms with E-state index in [1.54, 1.807) is 19.2 Å². The van der Waals surface area contributed by atoms with Crippen LogP contribution in [-0.4, -0.2) is 33.9 Å². The molecular weight excluding hydrogens is 380 g/mol. The van der Waals surface area contributed by atoms with Crippen molar-refractivity contribution in [3.05, 3.63) is 70.8 Å². The van der Waals surface area contributed by atoms with E-state index in [-0.39, 0.29) is 17.3 Å². The molecule has 0 aliphatic carbocycles. The first-order chi connectivity index (χ1) is 13.5. The van der Waals surface area contributed by atoms with E-state index in [4.69, 9.17) is 4.74 Å². The molecule has 8 nitrogen and oxygen atoms in total. The third-order valence-electron chi connectivity index (χ3n) is 3.72. The number of nitrogens with one attached hydrogen (secondary N) is 1. The molecular formula is C19H16N4O4S. The van der Waals surface area contributed by atoms with Crippen molar-refractivity contribution in [3.63, 3.8) is 0 Å². The van der Waals surface area contributed by atoms with Gasteiger partial charge in [-0.15, -0.1) is 10.2 Å². The number of benzene rings is 2. The van der Waals surface area contributed by atoms with Crippen molar-refractivity contribution in [2.45, 2.75) is 5.03 Å². The lowest BCUT2D eigenvalue weighted by molar-refractivity contribution is -0.384. The zero-order chi connectivity index (χ0) is 19.9. The van der Waals surface area contributed by atoms with Crippen LogP contribution in [0.25, 0.3) is 11.3 Å². The first-order valence-electron chi connectivity index (χ1n) is 8.20. The molecule has 0 aliphatic rings. The SMILES string of the molecule is COc1ccc(-c2ccc(SCC(=O)Nc3cccc([N+](=O)[O-])c3)nn2)cc1. The number of carbonyl (C=O) groups is 1. The summed E-state index contributed by atoms with van der Waals surface area (Å²) in [6, 6.07) is 16.9. The summed E-state index contributed by atoms with van der Waals surface area (Å²) in [5.74, 6) is 0.587. The Bertz CT molecular complexity index is 978. The molecule has 9 heteroatoms. The van der Waals surface area contributed by atoms with E-state index < -0.39 is 4.92 Å². The smallest absolute Gasteiger partial charge is 0.271 e. The van der Waals surface area contributed by atoms with Crippen molar-refractivity contribution >= 4 is 29.0 Å². The number of nitro benzene ring substituents is 1. The third kappa shape index (κ3) is 5.04. The van der Waals surface area contributed by atoms with Gasteiger partial charge in [0.2, 0.25) is 5.91 Å². The molecule has 1 aromatic heterocycles. The summed E-state index contributed by atoms with van der Waals surface area (Å²) < 4.78 is 5.13. The van der Waals surface area contributed by atoms with Gasteiger partial charge in [0.05, 0.1) is 23.5 Å². The lowest BCUT2D eigenvalue weighted by Crippen LogP contribution is -2.14. The molecule has 1 heterocycles. The normalized spacial score (nSPS) is 10.3. The first-order valence-corrected chi connectivity index (χ1v) is 9.19. The van der Waals surface area contributed by atoms with E-state index in [1.807, 2.05) is 30.3 Å². The van der Waals surface area contributed by atoms with Crippen LogP contribution in [0, 0.1) is 10.1 Å². The number of hydrogen-bond acceptors (Lipinski definition) is 7. The molecule has 0 saturated heterocycles. The second-order valence-electron chi connectivity index (χ2n) is 5.63. The monoisotopic (exact) mass is 396 g/mol. The minimum atomic E-state index is -0.510. The van der Waals surface area contributed by atoms with E-state index in [0.29, 0.717) is 16.4 Å². The fraction of sp³-hybridized carbons (Fsp3) is 0.105. The van der Waals surface area contributed by atoms with E-state index in [1.165, 1.54) is 30.0 Å². The second-order valence-corrected chi connectivity index (χ2v) is 6.63. The molecule has 0 saturated carbocycles. The Hall–Kier alpha value is -3.46. The summed E-state index contributed by atoms with van der Waals surface area (Å²) >= 11 is 1.23. The molecule has 0 unspecified atom stereocenters. The Morgan fingerprint density at radius 3 is 2.57 bits per heavy atom. The molecule has 0 aliphatic heterocycles. The molecule has 0 bridgehead atoms. The number of amides is 1. The van der Waals surface area contributed by atoms with Gasteiger partial charge in [-0.1, -0.05) is 17.8 Å². The fourth-order valence-electron chi connectivity index (χ4n) is 2.35. The number of non-ortho nitro benzene ring substituents is 1. The van der Waals surface area contributed by atoms with E-state index in [9.17, 15) is 14.9 Å². The minimum absolute atomic E-state index is 0.0783. The largest absolute Gasteiger partial charge is 0.497 e. The number of nitrogens with zero attached hydrogens (tertiary/aromatic N) is 3. The van der Waals surface area contributed by atoms with Gasteiger partial charge in [-0.25, -0.2) is 0 Å². The summed E-state index contributed by atoms with van der Waals surface area (Å²) in [6.45, 7) is 0. The van der Waals surface area contributed by atoms with Gasteiger partial charge in [0.25, 0.3) is 5.69 Å². The maximum atomic E-state index is 12.1. The van der Waals surface area contributed by atoms with Gasteiger partial charge in [0.1, 0.15) is 10.8 Å². The van der Waals surface area contributed by atoms with Crippen LogP contribution < -0.4 is 10.1 Å². The average molecular weight is 396 g/mol. The maximum Gasteiger partial charge on any atom is 0.271 e. The Balaban J connectivity index is 1.56. The Kier molecular flexibility index (Phi) is 6.18. The van der Waals surface area contributed by atoms with Gasteiger partial charge in [-0.05, 0) is 42.5 Å². The number of anilines is 1. The first kappa shape index (κ1) is 19.3. The van der Waals surface area contributed by atoms with Crippen LogP contribution in [0.15, 0.2) is 65.7 Å². The van der Waals surface area contributed by atoms with E-state index >= 15 is 0 Å². The molecule has 2 aromatic carbocycles. The quantitative estimate of drug-likeness (QED) is 0.368. The highest BCUT2D eigenvalue weighted by Gasteiger charge is 2.09. The van der Waals surface area contributed by atoms with E-state index in [0.717, 1.165) is 11.3 Å². The Labute approximate surface area is 165 Å². The third-order valence-corrected chi connectivity index (χ3v) is 4.64. The summed E-state index contributed by atoms with van der Waals surface area (Å²) in [5.41, 5.74) is 1.92. The number of hydrogen-bond donors (Lipinski definition) is 1. The topological polar surface area (TPSA) is 107 Å². The van der Waals surface area contributed by atoms with Crippen LogP contribution in [0.2, 0.25) is 0 Å². The molecule has 142 valence electrons. The Morgan fingerprint density at radius 2 is 1.93 bits per heavy atom. The molecule has 28 heavy (non-hydrogen) atoms. The van der Waals surface area contributed by atoms with Crippen molar-refractivity contribution < 1.29 is 14.5 Å². The highest BCUT2D eigenvalue weighted by molar-refractivity contribution is 7.99. The van der Waals surface area contributed by atoms with Crippen LogP contribution in [0.3, 0.4) is 0 Å². The number of carbonyl (C=O) groups excluding carboxylic acids is 1.